The van der Waals surface area contributed by atoms with E-state index in [0.29, 0.717) is 24.9 Å². The Kier molecular flexibility index (Phi) is 7.37. The molecule has 2 aliphatic rings. The molecule has 0 aromatic heterocycles. The van der Waals surface area contributed by atoms with Crippen LogP contribution >= 0.6 is 11.8 Å². The molecule has 2 atom stereocenters. The van der Waals surface area contributed by atoms with Crippen molar-refractivity contribution in [1.29, 1.82) is 0 Å². The summed E-state index contributed by atoms with van der Waals surface area (Å²) in [6.45, 7) is 9.83. The number of carbonyl (C=O) groups excluding carboxylic acids is 1. The number of nitrogens with zero attached hydrogens (tertiary/aromatic N) is 1. The molecule has 3 rings (SSSR count). The highest BCUT2D eigenvalue weighted by Gasteiger charge is 2.51. The van der Waals surface area contributed by atoms with Gasteiger partial charge in [-0.15, -0.1) is 11.8 Å². The molecule has 1 N–H and O–H groups in total. The van der Waals surface area contributed by atoms with Crippen molar-refractivity contribution in [1.82, 2.24) is 4.90 Å². The van der Waals surface area contributed by atoms with E-state index in [1.807, 2.05) is 24.3 Å². The minimum Gasteiger partial charge on any atom is -0.396 e. The third kappa shape index (κ3) is 4.23. The van der Waals surface area contributed by atoms with Crippen LogP contribution in [-0.4, -0.2) is 60.0 Å². The van der Waals surface area contributed by atoms with Gasteiger partial charge in [-0.2, -0.15) is 0 Å². The number of thioether (sulfide) groups is 1. The van der Waals surface area contributed by atoms with Crippen molar-refractivity contribution >= 4 is 17.5 Å². The van der Waals surface area contributed by atoms with Crippen molar-refractivity contribution in [3.05, 3.63) is 41.0 Å². The van der Waals surface area contributed by atoms with Crippen LogP contribution in [-0.2, 0) is 4.74 Å². The number of hydrogen-bond acceptors (Lipinski definition) is 5. The lowest BCUT2D eigenvalue weighted by Crippen LogP contribution is -2.63. The van der Waals surface area contributed by atoms with Crippen LogP contribution in [0.2, 0.25) is 0 Å². The molecular formula is C23H33NO3S. The van der Waals surface area contributed by atoms with Gasteiger partial charge in [0.15, 0.2) is 5.78 Å². The van der Waals surface area contributed by atoms with Gasteiger partial charge in [0.25, 0.3) is 0 Å². The molecule has 1 aliphatic carbocycles. The second kappa shape index (κ2) is 9.57. The van der Waals surface area contributed by atoms with Crippen LogP contribution in [0.25, 0.3) is 0 Å². The number of aliphatic hydroxyl groups excluding tert-OH is 1. The zero-order chi connectivity index (χ0) is 20.1. The van der Waals surface area contributed by atoms with Crippen LogP contribution in [0.15, 0.2) is 40.3 Å². The summed E-state index contributed by atoms with van der Waals surface area (Å²) in [5.74, 6) is 1.25. The van der Waals surface area contributed by atoms with Crippen molar-refractivity contribution < 1.29 is 14.6 Å². The highest BCUT2D eigenvalue weighted by Crippen LogP contribution is 2.45. The highest BCUT2D eigenvalue weighted by molar-refractivity contribution is 7.99. The number of Topliss-reactive ketones (excluding diaryl/α,β-unsaturated/α-hetero) is 1. The highest BCUT2D eigenvalue weighted by atomic mass is 32.2. The predicted molar refractivity (Wildman–Crippen MR) is 115 cm³/mol. The molecule has 4 nitrogen and oxygen atoms in total. The molecule has 28 heavy (non-hydrogen) atoms. The maximum absolute atomic E-state index is 14.0. The van der Waals surface area contributed by atoms with Gasteiger partial charge in [0.2, 0.25) is 0 Å². The third-order valence-electron chi connectivity index (χ3n) is 6.43. The molecule has 1 fully saturated rings. The summed E-state index contributed by atoms with van der Waals surface area (Å²) >= 11 is 1.61. The largest absolute Gasteiger partial charge is 0.396 e. The maximum Gasteiger partial charge on any atom is 0.183 e. The first-order chi connectivity index (χ1) is 13.5. The van der Waals surface area contributed by atoms with Gasteiger partial charge in [-0.1, -0.05) is 36.6 Å². The van der Waals surface area contributed by atoms with Crippen LogP contribution in [0.3, 0.4) is 0 Å². The molecule has 0 radical (unpaired) electrons. The lowest BCUT2D eigenvalue weighted by molar-refractivity contribution is -0.0381. The zero-order valence-electron chi connectivity index (χ0n) is 17.4. The van der Waals surface area contributed by atoms with E-state index in [1.165, 1.54) is 11.1 Å². The number of ketones is 1. The Hall–Kier alpha value is -1.14. The van der Waals surface area contributed by atoms with E-state index < -0.39 is 5.54 Å². The number of morpholine rings is 1. The second-order valence-electron chi connectivity index (χ2n) is 8.00. The number of carbonyl (C=O) groups is 1. The molecular weight excluding hydrogens is 370 g/mol. The molecule has 1 aliphatic heterocycles. The minimum absolute atomic E-state index is 0.161. The smallest absolute Gasteiger partial charge is 0.183 e. The Balaban J connectivity index is 1.97. The average molecular weight is 404 g/mol. The van der Waals surface area contributed by atoms with Gasteiger partial charge >= 0.3 is 0 Å². The van der Waals surface area contributed by atoms with E-state index in [-0.39, 0.29) is 12.4 Å². The molecule has 154 valence electrons. The standard InChI is InChI=1S/C23H33NO3S/c1-4-20-15-17(2)18(3)16-23(20,24-9-12-27-13-10-24)22(26)19-5-7-21(8-6-19)28-14-11-25/h5-8,20,25H,4,9-16H2,1-3H3. The first kappa shape index (κ1) is 21.6. The van der Waals surface area contributed by atoms with Crippen molar-refractivity contribution in [2.24, 2.45) is 5.92 Å². The minimum atomic E-state index is -0.470. The number of aliphatic hydroxyl groups is 1. The number of rotatable bonds is 7. The summed E-state index contributed by atoms with van der Waals surface area (Å²) in [4.78, 5) is 17.5. The lowest BCUT2D eigenvalue weighted by Gasteiger charge is -2.51. The first-order valence-electron chi connectivity index (χ1n) is 10.4. The average Bonchev–Trinajstić information content (AvgIpc) is 2.74. The third-order valence-corrected chi connectivity index (χ3v) is 7.42. The van der Waals surface area contributed by atoms with Crippen LogP contribution in [0.4, 0.5) is 0 Å². The molecule has 1 saturated heterocycles. The van der Waals surface area contributed by atoms with Crippen molar-refractivity contribution in [3.63, 3.8) is 0 Å². The fourth-order valence-electron chi connectivity index (χ4n) is 4.75. The van der Waals surface area contributed by atoms with Crippen LogP contribution in [0, 0.1) is 5.92 Å². The fraction of sp³-hybridized carbons (Fsp3) is 0.609. The lowest BCUT2D eigenvalue weighted by atomic mass is 9.65. The van der Waals surface area contributed by atoms with Crippen molar-refractivity contribution in [2.75, 3.05) is 38.7 Å². The van der Waals surface area contributed by atoms with Gasteiger partial charge < -0.3 is 9.84 Å². The quantitative estimate of drug-likeness (QED) is 0.420. The zero-order valence-corrected chi connectivity index (χ0v) is 18.2. The summed E-state index contributed by atoms with van der Waals surface area (Å²) in [6, 6.07) is 7.96. The van der Waals surface area contributed by atoms with Gasteiger partial charge in [0, 0.05) is 29.3 Å². The number of benzene rings is 1. The second-order valence-corrected chi connectivity index (χ2v) is 9.16. The van der Waals surface area contributed by atoms with Crippen molar-refractivity contribution in [2.45, 2.75) is 50.5 Å². The normalized spacial score (nSPS) is 26.5. The Morgan fingerprint density at radius 2 is 1.89 bits per heavy atom. The Morgan fingerprint density at radius 3 is 2.50 bits per heavy atom. The van der Waals surface area contributed by atoms with Gasteiger partial charge in [-0.25, -0.2) is 0 Å². The number of hydrogen-bond donors (Lipinski definition) is 1. The van der Waals surface area contributed by atoms with Crippen LogP contribution in [0.5, 0.6) is 0 Å². The fourth-order valence-corrected chi connectivity index (χ4v) is 5.41. The molecule has 1 heterocycles. The van der Waals surface area contributed by atoms with Gasteiger partial charge in [-0.3, -0.25) is 9.69 Å². The maximum atomic E-state index is 14.0. The molecule has 0 amide bonds. The Morgan fingerprint density at radius 1 is 1.21 bits per heavy atom. The van der Waals surface area contributed by atoms with Gasteiger partial charge in [0.1, 0.15) is 0 Å². The van der Waals surface area contributed by atoms with E-state index in [9.17, 15) is 4.79 Å². The predicted octanol–water partition coefficient (Wildman–Crippen LogP) is 4.18. The number of allylic oxidation sites excluding steroid dienone is 1. The summed E-state index contributed by atoms with van der Waals surface area (Å²) in [6.07, 6.45) is 2.81. The summed E-state index contributed by atoms with van der Waals surface area (Å²) in [7, 11) is 0. The van der Waals surface area contributed by atoms with E-state index in [4.69, 9.17) is 9.84 Å². The Labute approximate surface area is 173 Å². The SMILES string of the molecule is CCC1CC(C)=C(C)CC1(C(=O)c1ccc(SCCO)cc1)N1CCOCC1. The number of ether oxygens (including phenoxy) is 1. The first-order valence-corrected chi connectivity index (χ1v) is 11.4. The van der Waals surface area contributed by atoms with Crippen LogP contribution in [0.1, 0.15) is 50.4 Å². The summed E-state index contributed by atoms with van der Waals surface area (Å²) in [5.41, 5.74) is 3.13. The van der Waals surface area contributed by atoms with E-state index in [2.05, 4.69) is 25.7 Å². The van der Waals surface area contributed by atoms with Crippen molar-refractivity contribution in [3.8, 4) is 0 Å². The van der Waals surface area contributed by atoms with E-state index >= 15 is 0 Å². The summed E-state index contributed by atoms with van der Waals surface area (Å²) < 4.78 is 5.60. The Bertz CT molecular complexity index is 709. The molecule has 1 aromatic rings. The molecule has 1 aromatic carbocycles. The summed E-state index contributed by atoms with van der Waals surface area (Å²) in [5, 5.41) is 9.03. The van der Waals surface area contributed by atoms with Gasteiger partial charge in [-0.05, 0) is 44.7 Å². The molecule has 5 heteroatoms. The van der Waals surface area contributed by atoms with Crippen LogP contribution < -0.4 is 0 Å². The molecule has 2 unspecified atom stereocenters. The topological polar surface area (TPSA) is 49.8 Å². The molecule has 0 saturated carbocycles. The van der Waals surface area contributed by atoms with E-state index in [0.717, 1.165) is 42.8 Å². The van der Waals surface area contributed by atoms with Gasteiger partial charge in [0.05, 0.1) is 25.4 Å². The van der Waals surface area contributed by atoms with E-state index in [1.54, 1.807) is 11.8 Å². The molecule has 0 spiro atoms. The molecule has 0 bridgehead atoms. The monoisotopic (exact) mass is 403 g/mol.